The van der Waals surface area contributed by atoms with Gasteiger partial charge in [0.05, 0.1) is 33.1 Å². The van der Waals surface area contributed by atoms with Gasteiger partial charge in [-0.1, -0.05) is 212 Å². The second-order valence-electron chi connectivity index (χ2n) is 21.9. The monoisotopic (exact) mass is 1030 g/mol. The van der Waals surface area contributed by atoms with Gasteiger partial charge in [-0.05, 0) is 160 Å². The van der Waals surface area contributed by atoms with Crippen LogP contribution in [0.3, 0.4) is 0 Å². The van der Waals surface area contributed by atoms with E-state index in [2.05, 4.69) is 299 Å². The third-order valence-corrected chi connectivity index (χ3v) is 17.7. The summed E-state index contributed by atoms with van der Waals surface area (Å²) < 4.78 is 7.54. The fraction of sp³-hybridized carbons (Fsp3) is 0. The second kappa shape index (κ2) is 16.9. The Morgan fingerprint density at radius 3 is 0.877 bits per heavy atom. The molecule has 0 fully saturated rings. The van der Waals surface area contributed by atoms with E-state index >= 15 is 0 Å². The summed E-state index contributed by atoms with van der Waals surface area (Å²) in [5, 5.41) is 22.8. The SMILES string of the molecule is c1ccc(-n2c3c(ccc4c3c3ccccc3n4-c3cccc(-c4ccc5c6ccccc6c6ccccc6c5c4)c3)c3ccc4c(c5ccccc5n4-c4cccc(-c5ccc6c7ccccc7c7ccccc7c6c5)c4)c32)cc1. The lowest BCUT2D eigenvalue weighted by molar-refractivity contribution is 1.17. The first kappa shape index (κ1) is 44.3. The molecule has 18 rings (SSSR count). The smallest absolute Gasteiger partial charge is 0.0641 e. The predicted octanol–water partition coefficient (Wildman–Crippen LogP) is 21.2. The maximum atomic E-state index is 2.57. The van der Waals surface area contributed by atoms with Gasteiger partial charge in [0, 0.05) is 49.4 Å². The number of rotatable bonds is 5. The molecule has 18 aromatic rings. The maximum absolute atomic E-state index is 2.57. The van der Waals surface area contributed by atoms with Crippen LogP contribution >= 0.6 is 0 Å². The molecule has 0 saturated heterocycles. The summed E-state index contributed by atoms with van der Waals surface area (Å²) in [7, 11) is 0. The number of aromatic nitrogens is 3. The molecular formula is C78H47N3. The minimum absolute atomic E-state index is 1.13. The van der Waals surface area contributed by atoms with Crippen molar-refractivity contribution < 1.29 is 0 Å². The summed E-state index contributed by atoms with van der Waals surface area (Å²) in [5.74, 6) is 0. The second-order valence-corrected chi connectivity index (χ2v) is 21.9. The molecule has 0 N–H and O–H groups in total. The average molecular weight is 1030 g/mol. The van der Waals surface area contributed by atoms with E-state index in [0.717, 1.165) is 17.1 Å². The Morgan fingerprint density at radius 1 is 0.160 bits per heavy atom. The van der Waals surface area contributed by atoms with Crippen LogP contribution in [0.5, 0.6) is 0 Å². The van der Waals surface area contributed by atoms with Crippen LogP contribution in [0.1, 0.15) is 0 Å². The van der Waals surface area contributed by atoms with Gasteiger partial charge in [-0.2, -0.15) is 0 Å². The number of benzene rings is 15. The zero-order chi connectivity index (χ0) is 52.9. The molecule has 15 aromatic carbocycles. The third-order valence-electron chi connectivity index (χ3n) is 17.7. The standard InChI is InChI=1S/C78H47N3/c1-2-20-52(21-3-1)81-77-65(40-42-73-75(77)67-32-12-14-34-71(67)79(73)53-22-16-18-48(44-53)50-36-38-63-59-28-6-4-24-55(59)57-26-8-10-30-61(57)69(63)46-50)66-41-43-74-76(78(66)81)68-33-13-15-35-72(68)80(74)54-23-17-19-49(45-54)51-37-39-64-60-29-7-5-25-56(60)58-27-9-11-31-62(58)70(64)47-51/h1-47H. The van der Waals surface area contributed by atoms with Crippen LogP contribution in [0.25, 0.3) is 169 Å². The van der Waals surface area contributed by atoms with Gasteiger partial charge in [0.2, 0.25) is 0 Å². The highest BCUT2D eigenvalue weighted by molar-refractivity contribution is 6.32. The molecule has 0 aliphatic heterocycles. The van der Waals surface area contributed by atoms with Crippen LogP contribution in [-0.4, -0.2) is 13.7 Å². The average Bonchev–Trinajstić information content (AvgIpc) is 4.36. The van der Waals surface area contributed by atoms with Crippen LogP contribution in [-0.2, 0) is 0 Å². The van der Waals surface area contributed by atoms with Gasteiger partial charge < -0.3 is 13.7 Å². The van der Waals surface area contributed by atoms with Crippen molar-refractivity contribution in [2.75, 3.05) is 0 Å². The van der Waals surface area contributed by atoms with Crippen molar-refractivity contribution >= 4 is 130 Å². The van der Waals surface area contributed by atoms with Crippen LogP contribution in [0, 0.1) is 0 Å². The topological polar surface area (TPSA) is 14.8 Å². The first-order chi connectivity index (χ1) is 40.2. The third kappa shape index (κ3) is 6.29. The van der Waals surface area contributed by atoms with Crippen molar-refractivity contribution in [1.82, 2.24) is 13.7 Å². The van der Waals surface area contributed by atoms with Gasteiger partial charge in [-0.15, -0.1) is 0 Å². The Morgan fingerprint density at radius 2 is 0.469 bits per heavy atom. The first-order valence-electron chi connectivity index (χ1n) is 28.1. The summed E-state index contributed by atoms with van der Waals surface area (Å²) in [6.07, 6.45) is 0. The molecule has 0 atom stereocenters. The lowest BCUT2D eigenvalue weighted by atomic mass is 9.92. The fourth-order valence-corrected chi connectivity index (χ4v) is 14.3. The highest BCUT2D eigenvalue weighted by Gasteiger charge is 2.25. The highest BCUT2D eigenvalue weighted by atomic mass is 15.0. The van der Waals surface area contributed by atoms with Gasteiger partial charge in [-0.25, -0.2) is 0 Å². The van der Waals surface area contributed by atoms with E-state index in [1.165, 1.54) is 152 Å². The van der Waals surface area contributed by atoms with Crippen molar-refractivity contribution in [2.24, 2.45) is 0 Å². The normalized spacial score (nSPS) is 12.2. The molecule has 0 unspecified atom stereocenters. The highest BCUT2D eigenvalue weighted by Crippen LogP contribution is 2.47. The molecule has 0 bridgehead atoms. The van der Waals surface area contributed by atoms with E-state index in [0.29, 0.717) is 0 Å². The van der Waals surface area contributed by atoms with Crippen LogP contribution in [0.15, 0.2) is 285 Å². The zero-order valence-electron chi connectivity index (χ0n) is 44.0. The predicted molar refractivity (Wildman–Crippen MR) is 345 cm³/mol. The van der Waals surface area contributed by atoms with Crippen LogP contribution < -0.4 is 0 Å². The van der Waals surface area contributed by atoms with Gasteiger partial charge in [0.25, 0.3) is 0 Å². The summed E-state index contributed by atoms with van der Waals surface area (Å²) in [6, 6.07) is 106. The van der Waals surface area contributed by atoms with Crippen LogP contribution in [0.2, 0.25) is 0 Å². The van der Waals surface area contributed by atoms with E-state index in [1.807, 2.05) is 0 Å². The number of hydrogen-bond acceptors (Lipinski definition) is 0. The van der Waals surface area contributed by atoms with E-state index < -0.39 is 0 Å². The van der Waals surface area contributed by atoms with E-state index in [1.54, 1.807) is 0 Å². The van der Waals surface area contributed by atoms with Crippen molar-refractivity contribution in [2.45, 2.75) is 0 Å². The van der Waals surface area contributed by atoms with Crippen molar-refractivity contribution in [3.8, 4) is 39.3 Å². The molecule has 0 amide bonds. The largest absolute Gasteiger partial charge is 0.309 e. The lowest BCUT2D eigenvalue weighted by Gasteiger charge is -2.14. The van der Waals surface area contributed by atoms with Crippen molar-refractivity contribution in [3.63, 3.8) is 0 Å². The fourth-order valence-electron chi connectivity index (χ4n) is 14.3. The van der Waals surface area contributed by atoms with E-state index in [9.17, 15) is 0 Å². The number of nitrogens with zero attached hydrogens (tertiary/aromatic N) is 3. The minimum atomic E-state index is 1.13. The molecule has 0 aliphatic carbocycles. The summed E-state index contributed by atoms with van der Waals surface area (Å²) >= 11 is 0. The zero-order valence-corrected chi connectivity index (χ0v) is 44.0. The van der Waals surface area contributed by atoms with Crippen molar-refractivity contribution in [3.05, 3.63) is 285 Å². The first-order valence-corrected chi connectivity index (χ1v) is 28.1. The maximum Gasteiger partial charge on any atom is 0.0641 e. The molecule has 374 valence electrons. The molecular weight excluding hydrogens is 979 g/mol. The van der Waals surface area contributed by atoms with E-state index in [4.69, 9.17) is 0 Å². The van der Waals surface area contributed by atoms with Gasteiger partial charge in [0.1, 0.15) is 0 Å². The van der Waals surface area contributed by atoms with Gasteiger partial charge in [0.15, 0.2) is 0 Å². The van der Waals surface area contributed by atoms with Gasteiger partial charge >= 0.3 is 0 Å². The molecule has 0 spiro atoms. The van der Waals surface area contributed by atoms with E-state index in [-0.39, 0.29) is 0 Å². The Balaban J connectivity index is 0.852. The molecule has 0 radical (unpaired) electrons. The Bertz CT molecular complexity index is 5310. The van der Waals surface area contributed by atoms with Crippen LogP contribution in [0.4, 0.5) is 0 Å². The summed E-state index contributed by atoms with van der Waals surface area (Å²) in [4.78, 5) is 0. The molecule has 3 heteroatoms. The number of hydrogen-bond donors (Lipinski definition) is 0. The molecule has 3 heterocycles. The molecule has 81 heavy (non-hydrogen) atoms. The quantitative estimate of drug-likeness (QED) is 0.153. The Hall–Kier alpha value is -10.7. The molecule has 3 aromatic heterocycles. The number of fused-ring (bicyclic) bond motifs is 23. The minimum Gasteiger partial charge on any atom is -0.309 e. The molecule has 3 nitrogen and oxygen atoms in total. The summed E-state index contributed by atoms with van der Waals surface area (Å²) in [5.41, 5.74) is 15.2. The number of para-hydroxylation sites is 3. The molecule has 0 aliphatic rings. The summed E-state index contributed by atoms with van der Waals surface area (Å²) in [6.45, 7) is 0. The Kier molecular flexibility index (Phi) is 9.23. The van der Waals surface area contributed by atoms with Crippen molar-refractivity contribution in [1.29, 1.82) is 0 Å². The lowest BCUT2D eigenvalue weighted by Crippen LogP contribution is -1.96. The van der Waals surface area contributed by atoms with Gasteiger partial charge in [-0.3, -0.25) is 0 Å². The molecule has 0 saturated carbocycles. The Labute approximate surface area is 465 Å².